The van der Waals surface area contributed by atoms with E-state index in [2.05, 4.69) is 5.32 Å². The van der Waals surface area contributed by atoms with Crippen LogP contribution < -0.4 is 22.6 Å². The Morgan fingerprint density at radius 3 is 2.18 bits per heavy atom. The maximum absolute atomic E-state index is 12.3. The molecule has 33 heavy (non-hydrogen) atoms. The van der Waals surface area contributed by atoms with Gasteiger partial charge >= 0.3 is 11.9 Å². The number of thioether (sulfide) groups is 1. The van der Waals surface area contributed by atoms with Gasteiger partial charge in [-0.1, -0.05) is 6.92 Å². The molecule has 0 spiro atoms. The number of carbonyl (C=O) groups excluding carboxylic acids is 1. The molecule has 2 unspecified atom stereocenters. The van der Waals surface area contributed by atoms with Crippen LogP contribution in [0.2, 0.25) is 0 Å². The van der Waals surface area contributed by atoms with Gasteiger partial charge in [0.2, 0.25) is 5.91 Å². The van der Waals surface area contributed by atoms with Gasteiger partial charge < -0.3 is 46.2 Å². The summed E-state index contributed by atoms with van der Waals surface area (Å²) in [4.78, 5) is 34.1. The Morgan fingerprint density at radius 1 is 1.06 bits per heavy atom. The van der Waals surface area contributed by atoms with E-state index in [9.17, 15) is 14.4 Å². The first-order valence-electron chi connectivity index (χ1n) is 10.5. The molecule has 0 saturated heterocycles. The highest BCUT2D eigenvalue weighted by Crippen LogP contribution is 2.16. The molecule has 0 bridgehead atoms. The molecule has 0 aromatic carbocycles. The minimum absolute atomic E-state index is 0.0665. The van der Waals surface area contributed by atoms with Crippen LogP contribution in [0.25, 0.3) is 0 Å². The Morgan fingerprint density at radius 2 is 1.64 bits per heavy atom. The highest BCUT2D eigenvalue weighted by atomic mass is 32.2. The Hall–Kier alpha value is -2.10. The van der Waals surface area contributed by atoms with Crippen molar-refractivity contribution in [3.8, 4) is 0 Å². The lowest BCUT2D eigenvalue weighted by molar-refractivity contribution is -0.138. The van der Waals surface area contributed by atoms with Crippen LogP contribution in [0.15, 0.2) is 11.9 Å². The zero-order chi connectivity index (χ0) is 25.1. The number of amides is 1. The van der Waals surface area contributed by atoms with Crippen molar-refractivity contribution in [2.45, 2.75) is 31.1 Å². The number of rotatable bonds is 21. The number of hydrogen-bond acceptors (Lipinski definition) is 11. The van der Waals surface area contributed by atoms with Gasteiger partial charge in [-0.05, 0) is 6.42 Å². The quantitative estimate of drug-likeness (QED) is 0.0610. The normalized spacial score (nSPS) is 13.4. The first-order valence-corrected chi connectivity index (χ1v) is 11.5. The lowest BCUT2D eigenvalue weighted by atomic mass is 10.3. The van der Waals surface area contributed by atoms with Crippen LogP contribution in [0.1, 0.15) is 19.8 Å². The van der Waals surface area contributed by atoms with Crippen molar-refractivity contribution in [3.05, 3.63) is 11.9 Å². The molecule has 0 heterocycles. The standard InChI is InChI=1S/C19H37N5O8S/c1-2-4-30-6-8-32-9-7-31-5-3-24(22)12-14(20)11-23-18(27)16(10-17(25)26)33-13-15(21)19(28)29/h12,15-16H,2-11,13,20-22H2,1H3,(H,23,27)(H,25,26)(H,28,29)/b14-12-. The van der Waals surface area contributed by atoms with E-state index in [1.54, 1.807) is 0 Å². The molecule has 1 amide bonds. The van der Waals surface area contributed by atoms with E-state index in [1.165, 1.54) is 11.2 Å². The van der Waals surface area contributed by atoms with Gasteiger partial charge in [0.15, 0.2) is 0 Å². The van der Waals surface area contributed by atoms with Gasteiger partial charge in [-0.15, -0.1) is 11.8 Å². The number of carboxylic acid groups (broad SMARTS) is 2. The molecule has 14 heteroatoms. The molecule has 0 rings (SSSR count). The van der Waals surface area contributed by atoms with Gasteiger partial charge in [0.05, 0.1) is 57.8 Å². The van der Waals surface area contributed by atoms with Crippen LogP contribution in [-0.4, -0.2) is 103 Å². The third-order valence-electron chi connectivity index (χ3n) is 3.83. The number of nitrogens with one attached hydrogen (secondary N) is 1. The molecule has 2 atom stereocenters. The molecule has 13 nitrogen and oxygen atoms in total. The summed E-state index contributed by atoms with van der Waals surface area (Å²) in [7, 11) is 0. The Kier molecular flexibility index (Phi) is 18.1. The highest BCUT2D eigenvalue weighted by molar-refractivity contribution is 8.00. The summed E-state index contributed by atoms with van der Waals surface area (Å²) in [6.45, 7) is 5.28. The topological polar surface area (TPSA) is 213 Å². The lowest BCUT2D eigenvalue weighted by Gasteiger charge is -2.17. The summed E-state index contributed by atoms with van der Waals surface area (Å²) in [5.41, 5.74) is 11.5. The SMILES string of the molecule is CCCOCCOCCOCCN(N)/C=C(\N)CNC(=O)C(CC(=O)O)SCC(N)C(=O)O. The van der Waals surface area contributed by atoms with Gasteiger partial charge in [-0.3, -0.25) is 14.4 Å². The predicted molar refractivity (Wildman–Crippen MR) is 123 cm³/mol. The Balaban J connectivity index is 4.17. The summed E-state index contributed by atoms with van der Waals surface area (Å²) in [5, 5.41) is 20.6. The smallest absolute Gasteiger partial charge is 0.321 e. The van der Waals surface area contributed by atoms with Crippen LogP contribution in [0.4, 0.5) is 0 Å². The molecule has 0 fully saturated rings. The molecule has 0 aliphatic carbocycles. The number of ether oxygens (including phenoxy) is 3. The second-order valence-corrected chi connectivity index (χ2v) is 8.10. The molecule has 9 N–H and O–H groups in total. The average molecular weight is 496 g/mol. The van der Waals surface area contributed by atoms with Gasteiger partial charge in [0.1, 0.15) is 6.04 Å². The Bertz CT molecular complexity index is 611. The monoisotopic (exact) mass is 495 g/mol. The van der Waals surface area contributed by atoms with Crippen molar-refractivity contribution in [1.82, 2.24) is 10.3 Å². The van der Waals surface area contributed by atoms with Crippen LogP contribution >= 0.6 is 11.8 Å². The predicted octanol–water partition coefficient (Wildman–Crippen LogP) is -1.47. The van der Waals surface area contributed by atoms with Crippen molar-refractivity contribution in [2.75, 3.05) is 58.5 Å². The highest BCUT2D eigenvalue weighted by Gasteiger charge is 2.24. The summed E-state index contributed by atoms with van der Waals surface area (Å²) in [6.07, 6.45) is 1.91. The van der Waals surface area contributed by atoms with Crippen LogP contribution in [0.3, 0.4) is 0 Å². The third kappa shape index (κ3) is 18.1. The van der Waals surface area contributed by atoms with Gasteiger partial charge in [-0.2, -0.15) is 0 Å². The third-order valence-corrected chi connectivity index (χ3v) is 5.17. The van der Waals surface area contributed by atoms with E-state index in [1.807, 2.05) is 6.92 Å². The fourth-order valence-electron chi connectivity index (χ4n) is 2.16. The first-order chi connectivity index (χ1) is 15.7. The van der Waals surface area contributed by atoms with Crippen molar-refractivity contribution in [2.24, 2.45) is 17.3 Å². The van der Waals surface area contributed by atoms with Crippen molar-refractivity contribution in [1.29, 1.82) is 0 Å². The van der Waals surface area contributed by atoms with E-state index < -0.39 is 35.6 Å². The Labute approximate surface area is 197 Å². The molecule has 0 aliphatic heterocycles. The van der Waals surface area contributed by atoms with Gasteiger partial charge in [0, 0.05) is 24.3 Å². The second kappa shape index (κ2) is 19.4. The fraction of sp³-hybridized carbons (Fsp3) is 0.737. The number of carbonyl (C=O) groups is 3. The molecule has 0 radical (unpaired) electrons. The zero-order valence-electron chi connectivity index (χ0n) is 18.9. The number of nitrogens with two attached hydrogens (primary N) is 3. The number of nitrogens with zero attached hydrogens (tertiary/aromatic N) is 1. The minimum atomic E-state index is -1.24. The van der Waals surface area contributed by atoms with E-state index in [0.717, 1.165) is 24.8 Å². The van der Waals surface area contributed by atoms with Gasteiger partial charge in [0.25, 0.3) is 0 Å². The van der Waals surface area contributed by atoms with Crippen LogP contribution in [0.5, 0.6) is 0 Å². The fourth-order valence-corrected chi connectivity index (χ4v) is 3.24. The number of hydrogen-bond donors (Lipinski definition) is 6. The van der Waals surface area contributed by atoms with E-state index in [0.29, 0.717) is 39.6 Å². The maximum atomic E-state index is 12.3. The summed E-state index contributed by atoms with van der Waals surface area (Å²) >= 11 is 0.856. The summed E-state index contributed by atoms with van der Waals surface area (Å²) < 4.78 is 16.0. The molecular weight excluding hydrogens is 458 g/mol. The lowest BCUT2D eigenvalue weighted by Crippen LogP contribution is -2.39. The average Bonchev–Trinajstić information content (AvgIpc) is 2.75. The molecule has 0 aliphatic rings. The van der Waals surface area contributed by atoms with E-state index in [-0.39, 0.29) is 18.0 Å². The zero-order valence-corrected chi connectivity index (χ0v) is 19.8. The molecule has 192 valence electrons. The van der Waals surface area contributed by atoms with Crippen molar-refractivity contribution < 1.29 is 38.8 Å². The van der Waals surface area contributed by atoms with Crippen LogP contribution in [0, 0.1) is 0 Å². The number of carboxylic acids is 2. The van der Waals surface area contributed by atoms with Crippen molar-refractivity contribution in [3.63, 3.8) is 0 Å². The van der Waals surface area contributed by atoms with E-state index in [4.69, 9.17) is 41.7 Å². The summed E-state index contributed by atoms with van der Waals surface area (Å²) in [5.74, 6) is 2.67. The largest absolute Gasteiger partial charge is 0.481 e. The molecule has 0 aromatic heterocycles. The molecule has 0 aromatic rings. The molecular formula is C19H37N5O8S. The second-order valence-electron chi connectivity index (χ2n) is 6.86. The minimum Gasteiger partial charge on any atom is -0.481 e. The summed E-state index contributed by atoms with van der Waals surface area (Å²) in [6, 6.07) is -1.21. The van der Waals surface area contributed by atoms with Crippen molar-refractivity contribution >= 4 is 29.6 Å². The number of aliphatic carboxylic acids is 2. The van der Waals surface area contributed by atoms with E-state index >= 15 is 0 Å². The first kappa shape index (κ1) is 30.9. The molecule has 0 saturated carbocycles. The van der Waals surface area contributed by atoms with Gasteiger partial charge in [-0.25, -0.2) is 5.84 Å². The number of hydrazine groups is 1. The maximum Gasteiger partial charge on any atom is 0.321 e. The van der Waals surface area contributed by atoms with Crippen LogP contribution in [-0.2, 0) is 28.6 Å².